The first kappa shape index (κ1) is 13.0. The van der Waals surface area contributed by atoms with Gasteiger partial charge in [-0.15, -0.1) is 0 Å². The van der Waals surface area contributed by atoms with Gasteiger partial charge in [0, 0.05) is 5.39 Å². The maximum atomic E-state index is 5.93. The maximum Gasteiger partial charge on any atom is 0.134 e. The van der Waals surface area contributed by atoms with Crippen molar-refractivity contribution >= 4 is 28.3 Å². The highest BCUT2D eigenvalue weighted by molar-refractivity contribution is 6.30. The lowest BCUT2D eigenvalue weighted by Crippen LogP contribution is -2.06. The van der Waals surface area contributed by atoms with Crippen LogP contribution in [-0.4, -0.2) is 4.98 Å². The minimum atomic E-state index is 0.0600. The number of hydrogen-bond acceptors (Lipinski definition) is 3. The van der Waals surface area contributed by atoms with Crippen LogP contribution in [0, 0.1) is 6.92 Å². The summed E-state index contributed by atoms with van der Waals surface area (Å²) >= 11 is 5.93. The van der Waals surface area contributed by atoms with E-state index in [0.29, 0.717) is 5.15 Å². The van der Waals surface area contributed by atoms with Crippen LogP contribution in [0.3, 0.4) is 0 Å². The molecule has 0 aliphatic rings. The Labute approximate surface area is 122 Å². The monoisotopic (exact) mass is 286 g/mol. The molecule has 0 radical (unpaired) electrons. The van der Waals surface area contributed by atoms with Crippen LogP contribution in [0.25, 0.3) is 11.0 Å². The van der Waals surface area contributed by atoms with E-state index in [0.717, 1.165) is 28.0 Å². The van der Waals surface area contributed by atoms with Crippen LogP contribution in [0.5, 0.6) is 0 Å². The van der Waals surface area contributed by atoms with Gasteiger partial charge in [-0.05, 0) is 37.6 Å². The van der Waals surface area contributed by atoms with Crippen molar-refractivity contribution in [2.45, 2.75) is 19.9 Å². The van der Waals surface area contributed by atoms with Crippen molar-refractivity contribution in [3.05, 3.63) is 59.1 Å². The standard InChI is InChI=1S/C16H15ClN2O/c1-10-7-13(9-18-16(10)17)19-11(2)15-8-12-5-3-4-6-14(12)20-15/h3-9,11,19H,1-2H3. The van der Waals surface area contributed by atoms with Crippen LogP contribution < -0.4 is 5.32 Å². The maximum absolute atomic E-state index is 5.93. The number of halogens is 1. The Hall–Kier alpha value is -2.00. The van der Waals surface area contributed by atoms with E-state index in [-0.39, 0.29) is 6.04 Å². The quantitative estimate of drug-likeness (QED) is 0.691. The minimum Gasteiger partial charge on any atom is -0.459 e. The number of fused-ring (bicyclic) bond motifs is 1. The third kappa shape index (κ3) is 2.49. The van der Waals surface area contributed by atoms with Gasteiger partial charge in [0.05, 0.1) is 17.9 Å². The van der Waals surface area contributed by atoms with E-state index in [4.69, 9.17) is 16.0 Å². The predicted octanol–water partition coefficient (Wildman–Crippen LogP) is 4.96. The van der Waals surface area contributed by atoms with E-state index >= 15 is 0 Å². The van der Waals surface area contributed by atoms with Crippen LogP contribution in [0.15, 0.2) is 47.0 Å². The number of nitrogens with one attached hydrogen (secondary N) is 1. The van der Waals surface area contributed by atoms with Gasteiger partial charge < -0.3 is 9.73 Å². The van der Waals surface area contributed by atoms with Crippen molar-refractivity contribution < 1.29 is 4.42 Å². The van der Waals surface area contributed by atoms with Gasteiger partial charge in [-0.3, -0.25) is 0 Å². The van der Waals surface area contributed by atoms with E-state index in [1.54, 1.807) is 6.20 Å². The molecule has 0 saturated heterocycles. The Bertz CT molecular complexity index is 718. The number of para-hydroxylation sites is 1. The molecule has 0 spiro atoms. The van der Waals surface area contributed by atoms with Crippen LogP contribution in [-0.2, 0) is 0 Å². The Kier molecular flexibility index (Phi) is 3.36. The summed E-state index contributed by atoms with van der Waals surface area (Å²) in [6, 6.07) is 12.1. The zero-order valence-electron chi connectivity index (χ0n) is 11.4. The zero-order valence-corrected chi connectivity index (χ0v) is 12.1. The number of anilines is 1. The number of pyridine rings is 1. The molecule has 1 atom stereocenters. The lowest BCUT2D eigenvalue weighted by atomic mass is 10.2. The fraction of sp³-hybridized carbons (Fsp3) is 0.188. The number of hydrogen-bond donors (Lipinski definition) is 1. The molecule has 1 unspecified atom stereocenters. The molecule has 0 fully saturated rings. The average molecular weight is 287 g/mol. The van der Waals surface area contributed by atoms with Gasteiger partial charge in [0.1, 0.15) is 16.5 Å². The second kappa shape index (κ2) is 5.17. The van der Waals surface area contributed by atoms with Crippen molar-refractivity contribution in [2.75, 3.05) is 5.32 Å². The van der Waals surface area contributed by atoms with E-state index in [1.807, 2.05) is 37.3 Å². The molecule has 2 aromatic heterocycles. The van der Waals surface area contributed by atoms with Gasteiger partial charge in [0.25, 0.3) is 0 Å². The smallest absolute Gasteiger partial charge is 0.134 e. The van der Waals surface area contributed by atoms with Crippen molar-refractivity contribution in [3.8, 4) is 0 Å². The molecule has 20 heavy (non-hydrogen) atoms. The number of furan rings is 1. The molecule has 0 saturated carbocycles. The summed E-state index contributed by atoms with van der Waals surface area (Å²) in [5, 5.41) is 5.02. The van der Waals surface area contributed by atoms with Gasteiger partial charge in [0.2, 0.25) is 0 Å². The molecule has 1 N–H and O–H groups in total. The van der Waals surface area contributed by atoms with E-state index in [9.17, 15) is 0 Å². The minimum absolute atomic E-state index is 0.0600. The number of aryl methyl sites for hydroxylation is 1. The third-order valence-corrected chi connectivity index (χ3v) is 3.66. The summed E-state index contributed by atoms with van der Waals surface area (Å²) in [7, 11) is 0. The molecular weight excluding hydrogens is 272 g/mol. The topological polar surface area (TPSA) is 38.1 Å². The Morgan fingerprint density at radius 3 is 2.80 bits per heavy atom. The lowest BCUT2D eigenvalue weighted by molar-refractivity contribution is 0.526. The first-order chi connectivity index (χ1) is 9.63. The summed E-state index contributed by atoms with van der Waals surface area (Å²) in [5.74, 6) is 0.902. The summed E-state index contributed by atoms with van der Waals surface area (Å²) < 4.78 is 5.85. The fourth-order valence-electron chi connectivity index (χ4n) is 2.17. The van der Waals surface area contributed by atoms with E-state index < -0.39 is 0 Å². The number of nitrogens with zero attached hydrogens (tertiary/aromatic N) is 1. The van der Waals surface area contributed by atoms with E-state index in [1.165, 1.54) is 0 Å². The number of rotatable bonds is 3. The average Bonchev–Trinajstić information content (AvgIpc) is 2.87. The fourth-order valence-corrected chi connectivity index (χ4v) is 2.28. The molecule has 102 valence electrons. The second-order valence-electron chi connectivity index (χ2n) is 4.88. The van der Waals surface area contributed by atoms with E-state index in [2.05, 4.69) is 23.3 Å². The first-order valence-corrected chi connectivity index (χ1v) is 6.88. The SMILES string of the molecule is Cc1cc(NC(C)c2cc3ccccc3o2)cnc1Cl. The van der Waals surface area contributed by atoms with Gasteiger partial charge >= 0.3 is 0 Å². The van der Waals surface area contributed by atoms with Gasteiger partial charge in [-0.1, -0.05) is 29.8 Å². The van der Waals surface area contributed by atoms with Crippen LogP contribution in [0.1, 0.15) is 24.3 Å². The molecule has 3 aromatic rings. The van der Waals surface area contributed by atoms with Crippen LogP contribution in [0.4, 0.5) is 5.69 Å². The zero-order chi connectivity index (χ0) is 14.1. The molecule has 3 rings (SSSR count). The predicted molar refractivity (Wildman–Crippen MR) is 82.2 cm³/mol. The Balaban J connectivity index is 1.84. The van der Waals surface area contributed by atoms with Gasteiger partial charge in [0.15, 0.2) is 0 Å². The molecule has 0 amide bonds. The second-order valence-corrected chi connectivity index (χ2v) is 5.24. The lowest BCUT2D eigenvalue weighted by Gasteiger charge is -2.13. The Morgan fingerprint density at radius 1 is 1.25 bits per heavy atom. The highest BCUT2D eigenvalue weighted by Crippen LogP contribution is 2.26. The molecule has 0 bridgehead atoms. The summed E-state index contributed by atoms with van der Waals surface area (Å²) in [6.45, 7) is 3.99. The van der Waals surface area contributed by atoms with Crippen molar-refractivity contribution in [2.24, 2.45) is 0 Å². The third-order valence-electron chi connectivity index (χ3n) is 3.27. The van der Waals surface area contributed by atoms with Gasteiger partial charge in [-0.2, -0.15) is 0 Å². The molecule has 2 heterocycles. The molecule has 1 aromatic carbocycles. The molecule has 4 heteroatoms. The van der Waals surface area contributed by atoms with Crippen LogP contribution >= 0.6 is 11.6 Å². The highest BCUT2D eigenvalue weighted by Gasteiger charge is 2.11. The van der Waals surface area contributed by atoms with Crippen molar-refractivity contribution in [1.29, 1.82) is 0 Å². The molecular formula is C16H15ClN2O. The summed E-state index contributed by atoms with van der Waals surface area (Å²) in [5.41, 5.74) is 2.79. The van der Waals surface area contributed by atoms with Crippen molar-refractivity contribution in [3.63, 3.8) is 0 Å². The molecule has 0 aliphatic heterocycles. The summed E-state index contributed by atoms with van der Waals surface area (Å²) in [6.07, 6.45) is 1.73. The normalized spacial score (nSPS) is 12.6. The molecule has 3 nitrogen and oxygen atoms in total. The van der Waals surface area contributed by atoms with Crippen LogP contribution in [0.2, 0.25) is 5.15 Å². The van der Waals surface area contributed by atoms with Crippen molar-refractivity contribution in [1.82, 2.24) is 4.98 Å². The number of benzene rings is 1. The largest absolute Gasteiger partial charge is 0.459 e. The Morgan fingerprint density at radius 2 is 2.05 bits per heavy atom. The highest BCUT2D eigenvalue weighted by atomic mass is 35.5. The first-order valence-electron chi connectivity index (χ1n) is 6.50. The number of aromatic nitrogens is 1. The summed E-state index contributed by atoms with van der Waals surface area (Å²) in [4.78, 5) is 4.14. The van der Waals surface area contributed by atoms with Gasteiger partial charge in [-0.25, -0.2) is 4.98 Å². The molecule has 0 aliphatic carbocycles.